The molecule has 1 aliphatic rings. The molecule has 0 spiro atoms. The van der Waals surface area contributed by atoms with Crippen molar-refractivity contribution in [2.24, 2.45) is 4.99 Å². The number of nitrogens with one attached hydrogen (secondary N) is 2. The highest BCUT2D eigenvalue weighted by atomic mass is 32.1. The molecule has 1 saturated heterocycles. The average Bonchev–Trinajstić information content (AvgIpc) is 3.27. The highest BCUT2D eigenvalue weighted by Crippen LogP contribution is 2.30. The molecule has 2 aromatic rings. The summed E-state index contributed by atoms with van der Waals surface area (Å²) in [6, 6.07) is 0. The number of hydrogen-bond donors (Lipinski definition) is 2. The summed E-state index contributed by atoms with van der Waals surface area (Å²) >= 11 is 0.988. The smallest absolute Gasteiger partial charge is 0.350 e. The lowest BCUT2D eigenvalue weighted by molar-refractivity contribution is -0.140. The van der Waals surface area contributed by atoms with Crippen LogP contribution in [0.5, 0.6) is 0 Å². The maximum atomic E-state index is 12.6. The monoisotopic (exact) mass is 373 g/mol. The molecule has 1 fully saturated rings. The minimum Gasteiger partial charge on any atom is -0.350 e. The molecular weight excluding hydrogens is 355 g/mol. The fraction of sp³-hybridized carbons (Fsp3) is 0.571. The molecule has 0 aliphatic carbocycles. The van der Waals surface area contributed by atoms with Gasteiger partial charge in [0.25, 0.3) is 0 Å². The van der Waals surface area contributed by atoms with Gasteiger partial charge in [0, 0.05) is 31.4 Å². The van der Waals surface area contributed by atoms with Crippen LogP contribution in [-0.2, 0) is 12.7 Å². The summed E-state index contributed by atoms with van der Waals surface area (Å²) < 4.78 is 37.8. The SMILES string of the molecule is CN=C(NCc1nc(C(F)(F)F)cs1)N1CCC(c2ncn[nH]2)CC1. The number of thiazole rings is 1. The summed E-state index contributed by atoms with van der Waals surface area (Å²) in [5.41, 5.74) is -0.850. The van der Waals surface area contributed by atoms with Crippen LogP contribution in [-0.4, -0.2) is 51.2 Å². The number of H-pyrrole nitrogens is 1. The first-order valence-corrected chi connectivity index (χ1v) is 8.68. The molecule has 25 heavy (non-hydrogen) atoms. The maximum Gasteiger partial charge on any atom is 0.434 e. The molecule has 3 heterocycles. The quantitative estimate of drug-likeness (QED) is 0.637. The Labute approximate surface area is 146 Å². The van der Waals surface area contributed by atoms with Crippen molar-refractivity contribution >= 4 is 17.3 Å². The van der Waals surface area contributed by atoms with E-state index in [2.05, 4.69) is 35.4 Å². The number of alkyl halides is 3. The van der Waals surface area contributed by atoms with E-state index >= 15 is 0 Å². The Hall–Kier alpha value is -2.17. The third kappa shape index (κ3) is 4.27. The van der Waals surface area contributed by atoms with Crippen molar-refractivity contribution in [1.29, 1.82) is 0 Å². The summed E-state index contributed by atoms with van der Waals surface area (Å²) in [6.07, 6.45) is -1.08. The van der Waals surface area contributed by atoms with Crippen LogP contribution in [0.4, 0.5) is 13.2 Å². The van der Waals surface area contributed by atoms with E-state index in [0.717, 1.165) is 48.5 Å². The molecule has 2 aromatic heterocycles. The number of hydrogen-bond acceptors (Lipinski definition) is 5. The number of aromatic nitrogens is 4. The molecule has 0 unspecified atom stereocenters. The summed E-state index contributed by atoms with van der Waals surface area (Å²) in [5.74, 6) is 1.90. The first kappa shape index (κ1) is 17.6. The predicted octanol–water partition coefficient (Wildman–Crippen LogP) is 2.24. The Morgan fingerprint density at radius 3 is 2.76 bits per heavy atom. The van der Waals surface area contributed by atoms with Gasteiger partial charge in [-0.1, -0.05) is 0 Å². The van der Waals surface area contributed by atoms with E-state index in [1.165, 1.54) is 6.33 Å². The topological polar surface area (TPSA) is 82.1 Å². The number of likely N-dealkylation sites (tertiary alicyclic amines) is 1. The number of piperidine rings is 1. The van der Waals surface area contributed by atoms with E-state index < -0.39 is 11.9 Å². The fourth-order valence-electron chi connectivity index (χ4n) is 2.79. The van der Waals surface area contributed by atoms with Gasteiger partial charge in [-0.3, -0.25) is 10.1 Å². The minimum atomic E-state index is -4.40. The maximum absolute atomic E-state index is 12.6. The minimum absolute atomic E-state index is 0.218. The van der Waals surface area contributed by atoms with E-state index in [1.54, 1.807) is 7.05 Å². The van der Waals surface area contributed by atoms with Crippen LogP contribution in [0.3, 0.4) is 0 Å². The Morgan fingerprint density at radius 2 is 2.20 bits per heavy atom. The molecule has 0 aromatic carbocycles. The lowest BCUT2D eigenvalue weighted by Crippen LogP contribution is -2.45. The lowest BCUT2D eigenvalue weighted by Gasteiger charge is -2.33. The van der Waals surface area contributed by atoms with E-state index in [1.807, 2.05) is 0 Å². The molecule has 1 aliphatic heterocycles. The first-order valence-electron chi connectivity index (χ1n) is 7.80. The molecule has 0 atom stereocenters. The Kier molecular flexibility index (Phi) is 5.21. The second-order valence-corrected chi connectivity index (χ2v) is 6.60. The zero-order valence-electron chi connectivity index (χ0n) is 13.5. The summed E-state index contributed by atoms with van der Waals surface area (Å²) in [6.45, 7) is 1.79. The number of guanidine groups is 1. The molecule has 0 amide bonds. The van der Waals surface area contributed by atoms with Crippen LogP contribution >= 0.6 is 11.3 Å². The van der Waals surface area contributed by atoms with Gasteiger partial charge >= 0.3 is 6.18 Å². The lowest BCUT2D eigenvalue weighted by atomic mass is 9.96. The molecular formula is C14H18F3N7S. The Bertz CT molecular complexity index is 702. The average molecular weight is 373 g/mol. The van der Waals surface area contributed by atoms with Crippen molar-refractivity contribution in [2.75, 3.05) is 20.1 Å². The molecule has 0 radical (unpaired) electrons. The number of halogens is 3. The van der Waals surface area contributed by atoms with Crippen LogP contribution in [0.25, 0.3) is 0 Å². The third-order valence-electron chi connectivity index (χ3n) is 4.07. The van der Waals surface area contributed by atoms with Crippen LogP contribution in [0.1, 0.15) is 35.3 Å². The zero-order chi connectivity index (χ0) is 17.9. The third-order valence-corrected chi connectivity index (χ3v) is 4.92. The van der Waals surface area contributed by atoms with Crippen LogP contribution in [0.2, 0.25) is 0 Å². The second-order valence-electron chi connectivity index (χ2n) is 5.66. The molecule has 11 heteroatoms. The largest absolute Gasteiger partial charge is 0.434 e. The highest BCUT2D eigenvalue weighted by molar-refractivity contribution is 7.09. The molecule has 3 rings (SSSR count). The molecule has 7 nitrogen and oxygen atoms in total. The fourth-order valence-corrected chi connectivity index (χ4v) is 3.53. The number of aliphatic imine (C=N–C) groups is 1. The molecule has 136 valence electrons. The van der Waals surface area contributed by atoms with E-state index in [9.17, 15) is 13.2 Å². The summed E-state index contributed by atoms with van der Waals surface area (Å²) in [5, 5.41) is 11.3. The van der Waals surface area contributed by atoms with Gasteiger partial charge in [-0.25, -0.2) is 9.97 Å². The summed E-state index contributed by atoms with van der Waals surface area (Å²) in [4.78, 5) is 14.1. The molecule has 0 bridgehead atoms. The van der Waals surface area contributed by atoms with Gasteiger partial charge in [-0.05, 0) is 12.8 Å². The van der Waals surface area contributed by atoms with Gasteiger partial charge < -0.3 is 10.2 Å². The van der Waals surface area contributed by atoms with E-state index in [4.69, 9.17) is 0 Å². The molecule has 0 saturated carbocycles. The number of rotatable bonds is 3. The number of aromatic amines is 1. The zero-order valence-corrected chi connectivity index (χ0v) is 14.4. The van der Waals surface area contributed by atoms with Crippen LogP contribution < -0.4 is 5.32 Å². The summed E-state index contributed by atoms with van der Waals surface area (Å²) in [7, 11) is 1.66. The van der Waals surface area contributed by atoms with Crippen molar-refractivity contribution in [3.63, 3.8) is 0 Å². The van der Waals surface area contributed by atoms with Gasteiger partial charge in [0.15, 0.2) is 11.7 Å². The van der Waals surface area contributed by atoms with Gasteiger partial charge in [0.05, 0.1) is 6.54 Å². The predicted molar refractivity (Wildman–Crippen MR) is 87.2 cm³/mol. The highest BCUT2D eigenvalue weighted by Gasteiger charge is 2.33. The second kappa shape index (κ2) is 7.38. The first-order chi connectivity index (χ1) is 12.0. The Balaban J connectivity index is 1.53. The Morgan fingerprint density at radius 1 is 1.44 bits per heavy atom. The van der Waals surface area contributed by atoms with E-state index in [-0.39, 0.29) is 6.54 Å². The van der Waals surface area contributed by atoms with Crippen LogP contribution in [0, 0.1) is 0 Å². The van der Waals surface area contributed by atoms with Gasteiger partial charge in [-0.2, -0.15) is 18.3 Å². The van der Waals surface area contributed by atoms with Crippen LogP contribution in [0.15, 0.2) is 16.7 Å². The van der Waals surface area contributed by atoms with Gasteiger partial charge in [0.2, 0.25) is 0 Å². The van der Waals surface area contributed by atoms with Crippen molar-refractivity contribution in [2.45, 2.75) is 31.5 Å². The van der Waals surface area contributed by atoms with Crippen molar-refractivity contribution in [3.05, 3.63) is 28.2 Å². The molecule has 2 N–H and O–H groups in total. The van der Waals surface area contributed by atoms with Crippen molar-refractivity contribution < 1.29 is 13.2 Å². The standard InChI is InChI=1S/C14H18F3N7S/c1-18-13(19-6-11-22-10(7-25-11)14(15,16)17)24-4-2-9(3-5-24)12-20-8-21-23-12/h7-9H,2-6H2,1H3,(H,18,19)(H,20,21,23). The van der Waals surface area contributed by atoms with E-state index in [0.29, 0.717) is 16.9 Å². The van der Waals surface area contributed by atoms with Crippen molar-refractivity contribution in [3.8, 4) is 0 Å². The van der Waals surface area contributed by atoms with Gasteiger partial charge in [-0.15, -0.1) is 11.3 Å². The number of nitrogens with zero attached hydrogens (tertiary/aromatic N) is 5. The van der Waals surface area contributed by atoms with Gasteiger partial charge in [0.1, 0.15) is 17.2 Å². The van der Waals surface area contributed by atoms with Crippen molar-refractivity contribution in [1.82, 2.24) is 30.4 Å². The normalized spacial score (nSPS) is 17.1.